The molecule has 0 aliphatic rings. The monoisotopic (exact) mass is 148 g/mol. The lowest BCUT2D eigenvalue weighted by Gasteiger charge is -1.85. The van der Waals surface area contributed by atoms with E-state index in [2.05, 4.69) is 19.2 Å². The normalized spacial score (nSPS) is 6.60. The molecule has 0 heterocycles. The number of hydrogen-bond donors (Lipinski definition) is 2. The Balaban J connectivity index is -0.0000000847. The Morgan fingerprint density at radius 3 is 1.50 bits per heavy atom. The lowest BCUT2D eigenvalue weighted by molar-refractivity contribution is 0.802. The summed E-state index contributed by atoms with van der Waals surface area (Å²) in [6, 6.07) is 0. The predicted molar refractivity (Wildman–Crippen MR) is 50.3 cm³/mol. The molecule has 0 aromatic heterocycles. The van der Waals surface area contributed by atoms with E-state index in [-0.39, 0.29) is 0 Å². The van der Waals surface area contributed by atoms with E-state index in [1.54, 1.807) is 0 Å². The number of likely N-dealkylation sites (N-methyl/N-ethyl adjacent to an activating group) is 1. The zero-order valence-electron chi connectivity index (χ0n) is 8.20. The van der Waals surface area contributed by atoms with Crippen LogP contribution in [0.5, 0.6) is 0 Å². The molecular formula is C8H24N2. The van der Waals surface area contributed by atoms with Crippen LogP contribution < -0.4 is 11.1 Å². The molecule has 0 aromatic rings. The Hall–Kier alpha value is -0.0800. The average molecular weight is 148 g/mol. The van der Waals surface area contributed by atoms with Gasteiger partial charge in [-0.3, -0.25) is 0 Å². The summed E-state index contributed by atoms with van der Waals surface area (Å²) in [5.41, 5.74) is 5.08. The van der Waals surface area contributed by atoms with Crippen molar-refractivity contribution in [3.05, 3.63) is 0 Å². The fraction of sp³-hybridized carbons (Fsp3) is 1.00. The number of hydrogen-bond acceptors (Lipinski definition) is 2. The fourth-order valence-corrected chi connectivity index (χ4v) is 0.144. The molecule has 0 rings (SSSR count). The first kappa shape index (κ1) is 16.5. The molecule has 0 unspecified atom stereocenters. The summed E-state index contributed by atoms with van der Waals surface area (Å²) >= 11 is 0. The Labute approximate surface area is 66.2 Å². The van der Waals surface area contributed by atoms with E-state index in [0.29, 0.717) is 0 Å². The molecule has 0 aromatic carbocycles. The van der Waals surface area contributed by atoms with Gasteiger partial charge in [-0.2, -0.15) is 0 Å². The van der Waals surface area contributed by atoms with E-state index in [4.69, 9.17) is 5.73 Å². The van der Waals surface area contributed by atoms with Gasteiger partial charge in [0.05, 0.1) is 0 Å². The highest BCUT2D eigenvalue weighted by Crippen LogP contribution is 1.56. The Bertz CT molecular complexity index is 21.2. The highest BCUT2D eigenvalue weighted by atomic mass is 14.8. The van der Waals surface area contributed by atoms with Gasteiger partial charge >= 0.3 is 0 Å². The van der Waals surface area contributed by atoms with Gasteiger partial charge in [0, 0.05) is 13.1 Å². The van der Waals surface area contributed by atoms with Gasteiger partial charge in [0.2, 0.25) is 0 Å². The van der Waals surface area contributed by atoms with Gasteiger partial charge in [-0.25, -0.2) is 0 Å². The van der Waals surface area contributed by atoms with E-state index in [0.717, 1.165) is 13.1 Å². The maximum Gasteiger partial charge on any atom is 0.00714 e. The first-order valence-corrected chi connectivity index (χ1v) is 4.18. The van der Waals surface area contributed by atoms with Crippen molar-refractivity contribution in [2.24, 2.45) is 5.73 Å². The van der Waals surface area contributed by atoms with Gasteiger partial charge in [0.15, 0.2) is 0 Å². The molecule has 0 radical (unpaired) electrons. The second kappa shape index (κ2) is 36.4. The highest BCUT2D eigenvalue weighted by molar-refractivity contribution is 4.33. The van der Waals surface area contributed by atoms with Crippen LogP contribution in [0.4, 0.5) is 0 Å². The smallest absolute Gasteiger partial charge is 0.00714 e. The zero-order valence-corrected chi connectivity index (χ0v) is 8.20. The Morgan fingerprint density at radius 2 is 1.50 bits per heavy atom. The van der Waals surface area contributed by atoms with Crippen molar-refractivity contribution in [3.8, 4) is 0 Å². The van der Waals surface area contributed by atoms with Gasteiger partial charge in [0.1, 0.15) is 0 Å². The average Bonchev–Trinajstić information content (AvgIpc) is 1.96. The summed E-state index contributed by atoms with van der Waals surface area (Å²) in [6.07, 6.45) is 1.25. The van der Waals surface area contributed by atoms with Crippen LogP contribution in [0.3, 0.4) is 0 Å². The first-order chi connectivity index (χ1) is 4.83. The SMILES string of the molecule is CC.CCC.CNCCN. The summed E-state index contributed by atoms with van der Waals surface area (Å²) in [7, 11) is 1.88. The summed E-state index contributed by atoms with van der Waals surface area (Å²) in [5.74, 6) is 0. The zero-order chi connectivity index (χ0) is 8.83. The van der Waals surface area contributed by atoms with E-state index >= 15 is 0 Å². The van der Waals surface area contributed by atoms with Crippen molar-refractivity contribution in [3.63, 3.8) is 0 Å². The second-order valence-corrected chi connectivity index (χ2v) is 1.60. The van der Waals surface area contributed by atoms with Crippen LogP contribution in [0.2, 0.25) is 0 Å². The summed E-state index contributed by atoms with van der Waals surface area (Å²) < 4.78 is 0. The molecular weight excluding hydrogens is 124 g/mol. The first-order valence-electron chi connectivity index (χ1n) is 4.18. The molecule has 66 valence electrons. The number of nitrogens with two attached hydrogens (primary N) is 1. The van der Waals surface area contributed by atoms with Crippen molar-refractivity contribution >= 4 is 0 Å². The van der Waals surface area contributed by atoms with Crippen LogP contribution in [0.1, 0.15) is 34.1 Å². The summed E-state index contributed by atoms with van der Waals surface area (Å²) in [4.78, 5) is 0. The standard InChI is InChI=1S/C3H10N2.C3H8.C2H6/c1-5-3-2-4;1-3-2;1-2/h5H,2-4H2,1H3;3H2,1-2H3;1-2H3. The molecule has 0 bridgehead atoms. The fourth-order valence-electron chi connectivity index (χ4n) is 0.144. The molecule has 0 aliphatic carbocycles. The van der Waals surface area contributed by atoms with Crippen LogP contribution in [0.25, 0.3) is 0 Å². The van der Waals surface area contributed by atoms with Crippen LogP contribution in [0, 0.1) is 0 Å². The van der Waals surface area contributed by atoms with Crippen molar-refractivity contribution in [2.45, 2.75) is 34.1 Å². The minimum atomic E-state index is 0.733. The second-order valence-electron chi connectivity index (χ2n) is 1.60. The Kier molecular flexibility index (Phi) is 60.0. The summed E-state index contributed by atoms with van der Waals surface area (Å²) in [6.45, 7) is 9.90. The van der Waals surface area contributed by atoms with Gasteiger partial charge in [-0.15, -0.1) is 0 Å². The van der Waals surface area contributed by atoms with E-state index in [1.807, 2.05) is 20.9 Å². The highest BCUT2D eigenvalue weighted by Gasteiger charge is 1.64. The van der Waals surface area contributed by atoms with Crippen molar-refractivity contribution in [1.82, 2.24) is 5.32 Å². The van der Waals surface area contributed by atoms with Crippen LogP contribution in [-0.2, 0) is 0 Å². The third-order valence-electron chi connectivity index (χ3n) is 0.394. The molecule has 0 fully saturated rings. The van der Waals surface area contributed by atoms with Crippen molar-refractivity contribution in [1.29, 1.82) is 0 Å². The predicted octanol–water partition coefficient (Wildman–Crippen LogP) is 1.61. The molecule has 3 N–H and O–H groups in total. The third-order valence-corrected chi connectivity index (χ3v) is 0.394. The largest absolute Gasteiger partial charge is 0.329 e. The van der Waals surface area contributed by atoms with Crippen LogP contribution in [-0.4, -0.2) is 20.1 Å². The summed E-state index contributed by atoms with van der Waals surface area (Å²) in [5, 5.41) is 2.89. The number of rotatable bonds is 2. The van der Waals surface area contributed by atoms with Gasteiger partial charge in [-0.05, 0) is 7.05 Å². The Morgan fingerprint density at radius 1 is 1.20 bits per heavy atom. The minimum Gasteiger partial charge on any atom is -0.329 e. The maximum atomic E-state index is 5.08. The van der Waals surface area contributed by atoms with Crippen LogP contribution in [0.15, 0.2) is 0 Å². The van der Waals surface area contributed by atoms with Gasteiger partial charge < -0.3 is 11.1 Å². The van der Waals surface area contributed by atoms with E-state index in [1.165, 1.54) is 6.42 Å². The number of nitrogens with one attached hydrogen (secondary N) is 1. The van der Waals surface area contributed by atoms with Gasteiger partial charge in [0.25, 0.3) is 0 Å². The molecule has 0 amide bonds. The third kappa shape index (κ3) is 103. The van der Waals surface area contributed by atoms with Crippen LogP contribution >= 0.6 is 0 Å². The van der Waals surface area contributed by atoms with Crippen molar-refractivity contribution in [2.75, 3.05) is 20.1 Å². The molecule has 0 atom stereocenters. The molecule has 0 saturated carbocycles. The van der Waals surface area contributed by atoms with E-state index in [9.17, 15) is 0 Å². The van der Waals surface area contributed by atoms with E-state index < -0.39 is 0 Å². The molecule has 0 spiro atoms. The minimum absolute atomic E-state index is 0.733. The molecule has 2 heteroatoms. The molecule has 0 saturated heterocycles. The maximum absolute atomic E-state index is 5.08. The molecule has 0 aliphatic heterocycles. The lowest BCUT2D eigenvalue weighted by atomic mass is 10.6. The quantitative estimate of drug-likeness (QED) is 0.624. The molecule has 10 heavy (non-hydrogen) atoms. The lowest BCUT2D eigenvalue weighted by Crippen LogP contribution is -2.17. The van der Waals surface area contributed by atoms with Gasteiger partial charge in [-0.1, -0.05) is 34.1 Å². The van der Waals surface area contributed by atoms with Crippen molar-refractivity contribution < 1.29 is 0 Å². The molecule has 2 nitrogen and oxygen atoms in total. The topological polar surface area (TPSA) is 38.0 Å².